The van der Waals surface area contributed by atoms with Crippen LogP contribution in [-0.4, -0.2) is 54.6 Å². The van der Waals surface area contributed by atoms with Crippen LogP contribution < -0.4 is 10.5 Å². The van der Waals surface area contributed by atoms with Crippen molar-refractivity contribution in [1.29, 1.82) is 0 Å². The summed E-state index contributed by atoms with van der Waals surface area (Å²) >= 11 is 7.64. The fourth-order valence-electron chi connectivity index (χ4n) is 4.96. The van der Waals surface area contributed by atoms with E-state index in [1.165, 1.54) is 29.4 Å². The van der Waals surface area contributed by atoms with Gasteiger partial charge in [-0.25, -0.2) is 15.1 Å². The minimum atomic E-state index is -4.10. The molecule has 10 nitrogen and oxygen atoms in total. The number of halogens is 1. The topological polar surface area (TPSA) is 154 Å². The summed E-state index contributed by atoms with van der Waals surface area (Å²) in [6, 6.07) is 9.27. The number of hydrogen-bond acceptors (Lipinski definition) is 10. The monoisotopic (exact) mass is 578 g/mol. The molecule has 1 aliphatic heterocycles. The summed E-state index contributed by atoms with van der Waals surface area (Å²) in [5.74, 6) is -0.326. The van der Waals surface area contributed by atoms with Gasteiger partial charge >= 0.3 is 10.3 Å². The van der Waals surface area contributed by atoms with Crippen LogP contribution in [0.4, 0.5) is 5.82 Å². The molecule has 1 aliphatic carbocycles. The van der Waals surface area contributed by atoms with Crippen LogP contribution in [0, 0.1) is 5.92 Å². The van der Waals surface area contributed by atoms with Crippen LogP contribution in [0.1, 0.15) is 56.6 Å². The lowest BCUT2D eigenvalue weighted by Crippen LogP contribution is -2.24. The number of aryl methyl sites for hydroxylation is 1. The second-order valence-corrected chi connectivity index (χ2v) is 12.2. The number of nitrogens with zero attached hydrogens (tertiary/aromatic N) is 2. The third kappa shape index (κ3) is 6.23. The van der Waals surface area contributed by atoms with Gasteiger partial charge in [0.2, 0.25) is 5.78 Å². The third-order valence-corrected chi connectivity index (χ3v) is 8.60. The van der Waals surface area contributed by atoms with E-state index in [2.05, 4.69) is 19.5 Å². The van der Waals surface area contributed by atoms with Crippen molar-refractivity contribution in [2.75, 3.05) is 18.5 Å². The number of aliphatic hydroxyl groups excluding tert-OH is 1. The molecule has 38 heavy (non-hydrogen) atoms. The molecule has 2 aliphatic rings. The summed E-state index contributed by atoms with van der Waals surface area (Å²) in [5.41, 5.74) is 2.50. The number of hydrogen-bond donors (Lipinski definition) is 3. The molecule has 2 aromatic heterocycles. The van der Waals surface area contributed by atoms with E-state index in [0.717, 1.165) is 23.3 Å². The first-order valence-corrected chi connectivity index (χ1v) is 14.8. The van der Waals surface area contributed by atoms with Crippen molar-refractivity contribution in [3.8, 4) is 0 Å². The minimum absolute atomic E-state index is 0.219. The van der Waals surface area contributed by atoms with Gasteiger partial charge in [0.1, 0.15) is 18.2 Å². The predicted octanol–water partition coefficient (Wildman–Crippen LogP) is 3.25. The van der Waals surface area contributed by atoms with Crippen LogP contribution in [0.3, 0.4) is 0 Å². The highest BCUT2D eigenvalue weighted by Crippen LogP contribution is 2.38. The van der Waals surface area contributed by atoms with E-state index in [1.807, 2.05) is 24.3 Å². The molecule has 13 heteroatoms. The largest absolute Gasteiger partial charge is 0.393 e. The van der Waals surface area contributed by atoms with Gasteiger partial charge in [0, 0.05) is 34.7 Å². The first-order chi connectivity index (χ1) is 18.2. The molecule has 0 radical (unpaired) electrons. The molecule has 202 valence electrons. The Morgan fingerprint density at radius 3 is 2.95 bits per heavy atom. The minimum Gasteiger partial charge on any atom is -0.393 e. The molecule has 1 aromatic carbocycles. The smallest absolute Gasteiger partial charge is 0.333 e. The first-order valence-electron chi connectivity index (χ1n) is 12.1. The van der Waals surface area contributed by atoms with Crippen LogP contribution in [0.15, 0.2) is 42.9 Å². The van der Waals surface area contributed by atoms with Crippen molar-refractivity contribution in [3.05, 3.63) is 74.3 Å². The lowest BCUT2D eigenvalue weighted by Gasteiger charge is -2.17. The van der Waals surface area contributed by atoms with Gasteiger partial charge in [-0.15, -0.1) is 11.3 Å². The molecule has 0 spiro atoms. The van der Waals surface area contributed by atoms with E-state index in [-0.39, 0.29) is 24.5 Å². The number of benzene rings is 1. The maximum atomic E-state index is 13.5. The van der Waals surface area contributed by atoms with Gasteiger partial charge in [0.25, 0.3) is 0 Å². The number of thiophene rings is 1. The lowest BCUT2D eigenvalue weighted by atomic mass is 9.99. The summed E-state index contributed by atoms with van der Waals surface area (Å²) in [7, 11) is -4.10. The average molecular weight is 579 g/mol. The normalized spacial score (nSPS) is 23.6. The number of aromatic nitrogens is 2. The number of fused-ring (bicyclic) bond motifs is 1. The van der Waals surface area contributed by atoms with Crippen molar-refractivity contribution in [2.24, 2.45) is 11.1 Å². The molecule has 1 fully saturated rings. The lowest BCUT2D eigenvalue weighted by molar-refractivity contribution is 0.0865. The number of anilines is 1. The van der Waals surface area contributed by atoms with E-state index in [9.17, 15) is 18.3 Å². The van der Waals surface area contributed by atoms with Crippen LogP contribution in [0.25, 0.3) is 0 Å². The maximum absolute atomic E-state index is 13.5. The fourth-order valence-corrected chi connectivity index (χ4v) is 6.54. The number of aliphatic hydroxyl groups is 1. The molecule has 2 unspecified atom stereocenters. The zero-order valence-corrected chi connectivity index (χ0v) is 22.6. The highest BCUT2D eigenvalue weighted by Gasteiger charge is 2.35. The fraction of sp³-hybridized carbons (Fsp3) is 0.400. The number of nitrogens with two attached hydrogens (primary N) is 1. The number of rotatable bonds is 8. The van der Waals surface area contributed by atoms with E-state index >= 15 is 0 Å². The van der Waals surface area contributed by atoms with Gasteiger partial charge in [-0.3, -0.25) is 8.98 Å². The Hall–Kier alpha value is -2.45. The van der Waals surface area contributed by atoms with Crippen molar-refractivity contribution >= 4 is 44.8 Å². The number of carbonyl (C=O) groups is 1. The summed E-state index contributed by atoms with van der Waals surface area (Å²) < 4.78 is 33.0. The standard InChI is InChI=1S/C25H27ClN4O6S2/c26-16-4-3-14-2-1-7-35-24(18(14)9-16)22-6-5-21(37-22)23(32)19-11-28-13-29-25(19)30-17-8-15(20(31)10-17)12-36-38(27,33)34/h3-6,9,11,13,15,17,20,24,31H,1-2,7-8,10,12H2,(H2,27,33,34)(H,28,29,30)/t15?,17-,20+,24?/m1/s1. The van der Waals surface area contributed by atoms with E-state index < -0.39 is 22.3 Å². The van der Waals surface area contributed by atoms with Crippen molar-refractivity contribution in [1.82, 2.24) is 9.97 Å². The number of nitrogens with one attached hydrogen (secondary N) is 1. The molecule has 0 bridgehead atoms. The molecular weight excluding hydrogens is 552 g/mol. The Balaban J connectivity index is 1.33. The van der Waals surface area contributed by atoms with E-state index in [1.54, 1.807) is 6.07 Å². The SMILES string of the molecule is NS(=O)(=O)OCC1C[C@@H](Nc2ncncc2C(=O)c2ccc(C3OCCCc4ccc(Cl)cc43)s2)C[C@@H]1O. The zero-order chi connectivity index (χ0) is 26.9. The highest BCUT2D eigenvalue weighted by molar-refractivity contribution is 7.84. The number of ketones is 1. The highest BCUT2D eigenvalue weighted by atomic mass is 35.5. The summed E-state index contributed by atoms with van der Waals surface area (Å²) in [6.45, 7) is 0.387. The molecular formula is C25H27ClN4O6S2. The van der Waals surface area contributed by atoms with Crippen LogP contribution in [0.2, 0.25) is 5.02 Å². The predicted molar refractivity (Wildman–Crippen MR) is 143 cm³/mol. The average Bonchev–Trinajstić information content (AvgIpc) is 3.44. The second kappa shape index (κ2) is 11.3. The number of ether oxygens (including phenoxy) is 1. The molecule has 3 heterocycles. The molecule has 0 saturated heterocycles. The van der Waals surface area contributed by atoms with Gasteiger partial charge in [-0.1, -0.05) is 17.7 Å². The van der Waals surface area contributed by atoms with Crippen LogP contribution >= 0.6 is 22.9 Å². The Kier molecular flexibility index (Phi) is 8.10. The van der Waals surface area contributed by atoms with Crippen LogP contribution in [-0.2, 0) is 25.6 Å². The molecule has 4 atom stereocenters. The summed E-state index contributed by atoms with van der Waals surface area (Å²) in [5, 5.41) is 19.1. The van der Waals surface area contributed by atoms with Gasteiger partial charge in [0.15, 0.2) is 0 Å². The molecule has 1 saturated carbocycles. The third-order valence-electron chi connectivity index (χ3n) is 6.78. The van der Waals surface area contributed by atoms with E-state index in [4.69, 9.17) is 21.5 Å². The molecule has 3 aromatic rings. The molecule has 5 rings (SSSR count). The van der Waals surface area contributed by atoms with Gasteiger partial charge in [-0.2, -0.15) is 8.42 Å². The maximum Gasteiger partial charge on any atom is 0.333 e. The van der Waals surface area contributed by atoms with Gasteiger partial charge in [-0.05, 0) is 61.1 Å². The quantitative estimate of drug-likeness (QED) is 0.342. The zero-order valence-electron chi connectivity index (χ0n) is 20.2. The van der Waals surface area contributed by atoms with Crippen molar-refractivity contribution < 1.29 is 27.2 Å². The second-order valence-electron chi connectivity index (χ2n) is 9.43. The Morgan fingerprint density at radius 2 is 2.13 bits per heavy atom. The summed E-state index contributed by atoms with van der Waals surface area (Å²) in [4.78, 5) is 23.3. The Morgan fingerprint density at radius 1 is 1.29 bits per heavy atom. The van der Waals surface area contributed by atoms with Crippen LogP contribution in [0.5, 0.6) is 0 Å². The Bertz CT molecular complexity index is 1430. The van der Waals surface area contributed by atoms with E-state index in [0.29, 0.717) is 40.7 Å². The first kappa shape index (κ1) is 27.1. The van der Waals surface area contributed by atoms with Crippen molar-refractivity contribution in [2.45, 2.75) is 43.9 Å². The van der Waals surface area contributed by atoms with Gasteiger partial charge in [0.05, 0.1) is 23.2 Å². The Labute approximate surface area is 229 Å². The molecule has 4 N–H and O–H groups in total. The molecule has 0 amide bonds. The summed E-state index contributed by atoms with van der Waals surface area (Å²) in [6.07, 6.45) is 4.27. The number of carbonyl (C=O) groups excluding carboxylic acids is 1. The van der Waals surface area contributed by atoms with Crippen molar-refractivity contribution in [3.63, 3.8) is 0 Å². The van der Waals surface area contributed by atoms with Gasteiger partial charge < -0.3 is 15.2 Å².